The van der Waals surface area contributed by atoms with Crippen molar-refractivity contribution in [1.82, 2.24) is 15.1 Å². The summed E-state index contributed by atoms with van der Waals surface area (Å²) in [7, 11) is 0. The lowest BCUT2D eigenvalue weighted by molar-refractivity contribution is 0.0940. The van der Waals surface area contributed by atoms with Crippen LogP contribution >= 0.6 is 0 Å². The van der Waals surface area contributed by atoms with Crippen molar-refractivity contribution in [3.05, 3.63) is 59.5 Å². The number of carbonyl (C=O) groups excluding carboxylic acids is 1. The molecule has 1 aliphatic carbocycles. The van der Waals surface area contributed by atoms with Crippen molar-refractivity contribution in [1.29, 1.82) is 0 Å². The molecule has 2 aromatic carbocycles. The first kappa shape index (κ1) is 19.3. The summed E-state index contributed by atoms with van der Waals surface area (Å²) in [4.78, 5) is 12.1. The van der Waals surface area contributed by atoms with E-state index in [1.807, 2.05) is 10.9 Å². The monoisotopic (exact) mass is 403 g/mol. The van der Waals surface area contributed by atoms with Gasteiger partial charge in [0.15, 0.2) is 17.4 Å². The Bertz CT molecular complexity index is 1040. The number of fused-ring (bicyclic) bond motifs is 1. The van der Waals surface area contributed by atoms with Crippen LogP contribution in [0.4, 0.5) is 13.2 Å². The fourth-order valence-electron chi connectivity index (χ4n) is 3.85. The van der Waals surface area contributed by atoms with E-state index >= 15 is 0 Å². The normalized spacial score (nSPS) is 19.4. The quantitative estimate of drug-likeness (QED) is 0.682. The minimum atomic E-state index is -1.16. The Labute approximate surface area is 165 Å². The fraction of sp³-hybridized carbons (Fsp3) is 0.333. The highest BCUT2D eigenvalue weighted by atomic mass is 19.1. The van der Waals surface area contributed by atoms with Gasteiger partial charge in [-0.1, -0.05) is 0 Å². The van der Waals surface area contributed by atoms with E-state index in [0.717, 1.165) is 48.7 Å². The van der Waals surface area contributed by atoms with Crippen LogP contribution in [0.2, 0.25) is 0 Å². The smallest absolute Gasteiger partial charge is 0.251 e. The molecule has 1 amide bonds. The first-order chi connectivity index (χ1) is 13.9. The van der Waals surface area contributed by atoms with Crippen molar-refractivity contribution in [2.75, 3.05) is 6.54 Å². The van der Waals surface area contributed by atoms with Gasteiger partial charge in [0, 0.05) is 23.7 Å². The molecule has 152 valence electrons. The van der Waals surface area contributed by atoms with Crippen LogP contribution in [0.5, 0.6) is 5.75 Å². The molecule has 29 heavy (non-hydrogen) atoms. The lowest BCUT2D eigenvalue weighted by Gasteiger charge is -2.28. The number of nitrogens with one attached hydrogen (secondary N) is 1. The number of amides is 1. The van der Waals surface area contributed by atoms with Crippen molar-refractivity contribution in [3.8, 4) is 5.75 Å². The van der Waals surface area contributed by atoms with Gasteiger partial charge in [0.05, 0.1) is 11.6 Å². The van der Waals surface area contributed by atoms with Crippen LogP contribution in [-0.4, -0.2) is 27.3 Å². The average molecular weight is 403 g/mol. The summed E-state index contributed by atoms with van der Waals surface area (Å²) in [6.07, 6.45) is 5.35. The largest absolute Gasteiger partial charge is 0.503 e. The predicted molar refractivity (Wildman–Crippen MR) is 101 cm³/mol. The third-order valence-electron chi connectivity index (χ3n) is 5.50. The number of carbonyl (C=O) groups is 1. The number of aromatic hydroxyl groups is 1. The van der Waals surface area contributed by atoms with Gasteiger partial charge in [0.25, 0.3) is 5.91 Å². The second kappa shape index (κ2) is 7.77. The standard InChI is InChI=1S/C21H20F3N3O2/c22-15-3-6-19-14(7-15)11-27(26-19)16-4-1-12(2-5-16)10-25-21(29)13-8-17(23)20(28)18(24)9-13/h3,6-9,11-12,16,28H,1-2,4-5,10H2,(H,25,29). The summed E-state index contributed by atoms with van der Waals surface area (Å²) in [5, 5.41) is 17.1. The third-order valence-corrected chi connectivity index (χ3v) is 5.50. The predicted octanol–water partition coefficient (Wildman–Crippen LogP) is 4.32. The Kier molecular flexibility index (Phi) is 5.17. The summed E-state index contributed by atoms with van der Waals surface area (Å²) in [5.74, 6) is -4.03. The zero-order valence-corrected chi connectivity index (χ0v) is 15.5. The van der Waals surface area contributed by atoms with Crippen molar-refractivity contribution in [3.63, 3.8) is 0 Å². The van der Waals surface area contributed by atoms with Gasteiger partial charge >= 0.3 is 0 Å². The number of benzene rings is 2. The van der Waals surface area contributed by atoms with E-state index in [1.165, 1.54) is 12.1 Å². The molecular formula is C21H20F3N3O2. The minimum Gasteiger partial charge on any atom is -0.503 e. The highest BCUT2D eigenvalue weighted by molar-refractivity contribution is 5.94. The maximum absolute atomic E-state index is 13.4. The number of halogens is 3. The van der Waals surface area contributed by atoms with Gasteiger partial charge in [-0.25, -0.2) is 13.2 Å². The van der Waals surface area contributed by atoms with E-state index in [-0.39, 0.29) is 23.3 Å². The highest BCUT2D eigenvalue weighted by Crippen LogP contribution is 2.32. The molecule has 1 saturated carbocycles. The van der Waals surface area contributed by atoms with Gasteiger partial charge in [-0.05, 0) is 61.9 Å². The van der Waals surface area contributed by atoms with Gasteiger partial charge in [0.2, 0.25) is 0 Å². The van der Waals surface area contributed by atoms with Crippen molar-refractivity contribution in [2.45, 2.75) is 31.7 Å². The Morgan fingerprint density at radius 3 is 2.48 bits per heavy atom. The molecule has 0 spiro atoms. The summed E-state index contributed by atoms with van der Waals surface area (Å²) >= 11 is 0. The van der Waals surface area contributed by atoms with Crippen molar-refractivity contribution < 1.29 is 23.1 Å². The molecule has 1 heterocycles. The van der Waals surface area contributed by atoms with Crippen LogP contribution < -0.4 is 5.32 Å². The van der Waals surface area contributed by atoms with Gasteiger partial charge in [-0.15, -0.1) is 0 Å². The molecule has 0 aliphatic heterocycles. The van der Waals surface area contributed by atoms with Crippen LogP contribution in [0.15, 0.2) is 36.5 Å². The van der Waals surface area contributed by atoms with E-state index in [1.54, 1.807) is 6.07 Å². The molecule has 4 rings (SSSR count). The second-order valence-electron chi connectivity index (χ2n) is 7.49. The molecule has 0 saturated heterocycles. The van der Waals surface area contributed by atoms with E-state index in [4.69, 9.17) is 5.11 Å². The lowest BCUT2D eigenvalue weighted by Crippen LogP contribution is -2.31. The minimum absolute atomic E-state index is 0.165. The van der Waals surface area contributed by atoms with Crippen molar-refractivity contribution >= 4 is 16.8 Å². The van der Waals surface area contributed by atoms with Gasteiger partial charge in [-0.3, -0.25) is 9.48 Å². The molecule has 0 bridgehead atoms. The van der Waals surface area contributed by atoms with Crippen LogP contribution in [0, 0.1) is 23.4 Å². The molecular weight excluding hydrogens is 383 g/mol. The van der Waals surface area contributed by atoms with Gasteiger partial charge in [0.1, 0.15) is 5.82 Å². The van der Waals surface area contributed by atoms with E-state index in [0.29, 0.717) is 6.54 Å². The second-order valence-corrected chi connectivity index (χ2v) is 7.49. The van der Waals surface area contributed by atoms with Crippen LogP contribution in [0.1, 0.15) is 42.1 Å². The number of hydrogen-bond donors (Lipinski definition) is 2. The Morgan fingerprint density at radius 1 is 1.10 bits per heavy atom. The zero-order valence-electron chi connectivity index (χ0n) is 15.5. The summed E-state index contributed by atoms with van der Waals surface area (Å²) in [6.45, 7) is 0.405. The van der Waals surface area contributed by atoms with Crippen LogP contribution in [-0.2, 0) is 0 Å². The number of nitrogens with zero attached hydrogens (tertiary/aromatic N) is 2. The molecule has 1 aliphatic rings. The van der Waals surface area contributed by atoms with Gasteiger partial charge < -0.3 is 10.4 Å². The maximum Gasteiger partial charge on any atom is 0.251 e. The van der Waals surface area contributed by atoms with Gasteiger partial charge in [-0.2, -0.15) is 5.10 Å². The summed E-state index contributed by atoms with van der Waals surface area (Å²) in [6, 6.07) is 6.38. The molecule has 1 fully saturated rings. The molecule has 0 radical (unpaired) electrons. The van der Waals surface area contributed by atoms with Crippen LogP contribution in [0.3, 0.4) is 0 Å². The maximum atomic E-state index is 13.4. The van der Waals surface area contributed by atoms with E-state index in [2.05, 4.69) is 10.4 Å². The Hall–Kier alpha value is -3.03. The summed E-state index contributed by atoms with van der Waals surface area (Å²) < 4.78 is 42.0. The molecule has 5 nitrogen and oxygen atoms in total. The van der Waals surface area contributed by atoms with E-state index in [9.17, 15) is 18.0 Å². The first-order valence-electron chi connectivity index (χ1n) is 9.51. The molecule has 3 aromatic rings. The molecule has 8 heteroatoms. The lowest BCUT2D eigenvalue weighted by atomic mass is 9.86. The third kappa shape index (κ3) is 4.06. The Morgan fingerprint density at radius 2 is 1.79 bits per heavy atom. The van der Waals surface area contributed by atoms with Crippen molar-refractivity contribution in [2.24, 2.45) is 5.92 Å². The number of rotatable bonds is 4. The molecule has 1 aromatic heterocycles. The van der Waals surface area contributed by atoms with Crippen LogP contribution in [0.25, 0.3) is 10.9 Å². The first-order valence-corrected chi connectivity index (χ1v) is 9.51. The zero-order chi connectivity index (χ0) is 20.5. The molecule has 0 unspecified atom stereocenters. The summed E-state index contributed by atoms with van der Waals surface area (Å²) in [5.41, 5.74) is 0.594. The highest BCUT2D eigenvalue weighted by Gasteiger charge is 2.24. The molecule has 0 atom stereocenters. The molecule has 2 N–H and O–H groups in total. The fourth-order valence-corrected chi connectivity index (χ4v) is 3.85. The van der Waals surface area contributed by atoms with E-state index < -0.39 is 23.3 Å². The number of phenols is 1. The average Bonchev–Trinajstić information content (AvgIpc) is 3.13. The number of phenolic OH excluding ortho intramolecular Hbond substituents is 1. The SMILES string of the molecule is O=C(NCC1CCC(n2cc3cc(F)ccc3n2)CC1)c1cc(F)c(O)c(F)c1. The number of hydrogen-bond acceptors (Lipinski definition) is 3. The topological polar surface area (TPSA) is 67.2 Å². The number of aromatic nitrogens is 2. The Balaban J connectivity index is 1.32.